The van der Waals surface area contributed by atoms with Crippen LogP contribution in [0.25, 0.3) is 0 Å². The van der Waals surface area contributed by atoms with Crippen molar-refractivity contribution in [3.63, 3.8) is 0 Å². The van der Waals surface area contributed by atoms with Crippen LogP contribution in [0.15, 0.2) is 18.2 Å². The minimum absolute atomic E-state index is 0.0211. The molecule has 0 unspecified atom stereocenters. The van der Waals surface area contributed by atoms with Crippen LogP contribution in [0.3, 0.4) is 0 Å². The van der Waals surface area contributed by atoms with Gasteiger partial charge in [0.1, 0.15) is 0 Å². The molecule has 0 saturated heterocycles. The van der Waals surface area contributed by atoms with Crippen LogP contribution in [-0.2, 0) is 16.0 Å². The molecule has 0 aliphatic rings. The number of hydrogen-bond donors (Lipinski definition) is 1. The van der Waals surface area contributed by atoms with Crippen LogP contribution >= 0.6 is 0 Å². The van der Waals surface area contributed by atoms with Gasteiger partial charge in [-0.15, -0.1) is 0 Å². The summed E-state index contributed by atoms with van der Waals surface area (Å²) in [5.41, 5.74) is 0.970. The number of hydrogen-bond acceptors (Lipinski definition) is 4. The van der Waals surface area contributed by atoms with E-state index in [1.54, 1.807) is 19.1 Å². The monoisotopic (exact) mass is 323 g/mol. The number of ether oxygens (including phenoxy) is 2. The maximum atomic E-state index is 12.3. The Kier molecular flexibility index (Phi) is 7.38. The van der Waals surface area contributed by atoms with E-state index in [1.165, 1.54) is 0 Å². The molecule has 0 bridgehead atoms. The highest BCUT2D eigenvalue weighted by Crippen LogP contribution is 2.28. The molecule has 0 heterocycles. The number of carboxylic acid groups (broad SMARTS) is 1. The first-order valence-corrected chi connectivity index (χ1v) is 7.61. The number of benzene rings is 1. The first kappa shape index (κ1) is 18.8. The first-order valence-electron chi connectivity index (χ1n) is 7.61. The Balaban J connectivity index is 2.67. The lowest BCUT2D eigenvalue weighted by Crippen LogP contribution is -2.38. The first-order chi connectivity index (χ1) is 10.9. The summed E-state index contributed by atoms with van der Waals surface area (Å²) in [5.74, 6) is 0.330. The smallest absolute Gasteiger partial charge is 0.305 e. The van der Waals surface area contributed by atoms with Gasteiger partial charge in [-0.05, 0) is 38.0 Å². The predicted octanol–water partition coefficient (Wildman–Crippen LogP) is 2.35. The molecule has 0 aliphatic carbocycles. The molecule has 0 spiro atoms. The summed E-state index contributed by atoms with van der Waals surface area (Å²) in [6, 6.07) is 5.53. The van der Waals surface area contributed by atoms with Crippen molar-refractivity contribution in [2.24, 2.45) is 0 Å². The van der Waals surface area contributed by atoms with Crippen molar-refractivity contribution >= 4 is 11.9 Å². The highest BCUT2D eigenvalue weighted by atomic mass is 16.5. The van der Waals surface area contributed by atoms with Crippen LogP contribution in [-0.4, -0.2) is 48.7 Å². The topological polar surface area (TPSA) is 76.1 Å². The van der Waals surface area contributed by atoms with Crippen LogP contribution in [0.1, 0.15) is 32.3 Å². The molecule has 0 aliphatic heterocycles. The van der Waals surface area contributed by atoms with Gasteiger partial charge in [-0.2, -0.15) is 0 Å². The van der Waals surface area contributed by atoms with Crippen LogP contribution in [0.4, 0.5) is 0 Å². The molecule has 0 radical (unpaired) electrons. The largest absolute Gasteiger partial charge is 0.493 e. The highest BCUT2D eigenvalue weighted by molar-refractivity contribution is 5.77. The van der Waals surface area contributed by atoms with Gasteiger partial charge >= 0.3 is 5.97 Å². The fourth-order valence-corrected chi connectivity index (χ4v) is 2.32. The summed E-state index contributed by atoms with van der Waals surface area (Å²) >= 11 is 0. The highest BCUT2D eigenvalue weighted by Gasteiger charge is 2.18. The molecule has 0 fully saturated rings. The normalized spacial score (nSPS) is 10.5. The molecule has 0 atom stereocenters. The molecular formula is C17H25NO5. The molecule has 1 aromatic rings. The number of aryl methyl sites for hydroxylation is 1. The third-order valence-electron chi connectivity index (χ3n) is 3.59. The van der Waals surface area contributed by atoms with Gasteiger partial charge in [-0.3, -0.25) is 9.59 Å². The van der Waals surface area contributed by atoms with Crippen LogP contribution in [0.2, 0.25) is 0 Å². The Morgan fingerprint density at radius 3 is 2.30 bits per heavy atom. The standard InChI is InChI=1S/C17H25NO5/c1-12(2)18(10-9-17(20)21)16(19)8-6-13-5-7-14(22-3)15(11-13)23-4/h5,7,11-12H,6,8-10H2,1-4H3,(H,20,21). The molecule has 0 aromatic heterocycles. The Morgan fingerprint density at radius 2 is 1.78 bits per heavy atom. The van der Waals surface area contributed by atoms with Gasteiger partial charge in [-0.25, -0.2) is 0 Å². The second-order valence-electron chi connectivity index (χ2n) is 5.51. The zero-order valence-corrected chi connectivity index (χ0v) is 14.2. The maximum absolute atomic E-state index is 12.3. The number of methoxy groups -OCH3 is 2. The molecule has 6 heteroatoms. The van der Waals surface area contributed by atoms with Crippen molar-refractivity contribution in [2.45, 2.75) is 39.2 Å². The fourth-order valence-electron chi connectivity index (χ4n) is 2.32. The summed E-state index contributed by atoms with van der Waals surface area (Å²) in [5, 5.41) is 8.78. The number of rotatable bonds is 9. The van der Waals surface area contributed by atoms with E-state index < -0.39 is 5.97 Å². The van der Waals surface area contributed by atoms with Crippen molar-refractivity contribution in [1.29, 1.82) is 0 Å². The molecule has 23 heavy (non-hydrogen) atoms. The lowest BCUT2D eigenvalue weighted by molar-refractivity contribution is -0.139. The van der Waals surface area contributed by atoms with E-state index in [-0.39, 0.29) is 24.9 Å². The van der Waals surface area contributed by atoms with E-state index in [2.05, 4.69) is 0 Å². The van der Waals surface area contributed by atoms with Crippen LogP contribution < -0.4 is 9.47 Å². The molecule has 128 valence electrons. The summed E-state index contributed by atoms with van der Waals surface area (Å²) in [7, 11) is 3.14. The van der Waals surface area contributed by atoms with Crippen molar-refractivity contribution in [3.8, 4) is 11.5 Å². The van der Waals surface area contributed by atoms with E-state index in [9.17, 15) is 9.59 Å². The Labute approximate surface area is 137 Å². The molecule has 1 aromatic carbocycles. The molecule has 1 rings (SSSR count). The molecule has 1 amide bonds. The zero-order chi connectivity index (χ0) is 17.4. The van der Waals surface area contributed by atoms with Crippen molar-refractivity contribution in [2.75, 3.05) is 20.8 Å². The van der Waals surface area contributed by atoms with Crippen molar-refractivity contribution in [1.82, 2.24) is 4.90 Å². The average molecular weight is 323 g/mol. The summed E-state index contributed by atoms with van der Waals surface area (Å²) in [6.45, 7) is 4.00. The van der Waals surface area contributed by atoms with Gasteiger partial charge in [0.05, 0.1) is 20.6 Å². The van der Waals surface area contributed by atoms with Gasteiger partial charge < -0.3 is 19.5 Å². The van der Waals surface area contributed by atoms with E-state index in [4.69, 9.17) is 14.6 Å². The third kappa shape index (κ3) is 5.81. The Bertz CT molecular complexity index is 542. The van der Waals surface area contributed by atoms with E-state index in [0.29, 0.717) is 24.3 Å². The number of carbonyl (C=O) groups is 2. The molecule has 1 N–H and O–H groups in total. The maximum Gasteiger partial charge on any atom is 0.305 e. The molecular weight excluding hydrogens is 298 g/mol. The Morgan fingerprint density at radius 1 is 1.13 bits per heavy atom. The predicted molar refractivity (Wildman–Crippen MR) is 87.0 cm³/mol. The van der Waals surface area contributed by atoms with Crippen molar-refractivity contribution < 1.29 is 24.2 Å². The summed E-state index contributed by atoms with van der Waals surface area (Å²) < 4.78 is 10.4. The SMILES string of the molecule is COc1ccc(CCC(=O)N(CCC(=O)O)C(C)C)cc1OC. The third-order valence-corrected chi connectivity index (χ3v) is 3.59. The van der Waals surface area contributed by atoms with Crippen molar-refractivity contribution in [3.05, 3.63) is 23.8 Å². The number of nitrogens with zero attached hydrogens (tertiary/aromatic N) is 1. The van der Waals surface area contributed by atoms with Gasteiger partial charge in [0.15, 0.2) is 11.5 Å². The lowest BCUT2D eigenvalue weighted by atomic mass is 10.1. The number of carbonyl (C=O) groups excluding carboxylic acids is 1. The minimum Gasteiger partial charge on any atom is -0.493 e. The van der Waals surface area contributed by atoms with Gasteiger partial charge in [0.25, 0.3) is 0 Å². The second kappa shape index (κ2) is 9.02. The molecule has 6 nitrogen and oxygen atoms in total. The average Bonchev–Trinajstić information content (AvgIpc) is 2.52. The summed E-state index contributed by atoms with van der Waals surface area (Å²) in [4.78, 5) is 24.6. The van der Waals surface area contributed by atoms with E-state index in [1.807, 2.05) is 32.0 Å². The Hall–Kier alpha value is -2.24. The van der Waals surface area contributed by atoms with Gasteiger partial charge in [-0.1, -0.05) is 6.07 Å². The second-order valence-corrected chi connectivity index (χ2v) is 5.51. The van der Waals surface area contributed by atoms with E-state index >= 15 is 0 Å². The number of aliphatic carboxylic acids is 1. The summed E-state index contributed by atoms with van der Waals surface area (Å²) in [6.07, 6.45) is 0.850. The minimum atomic E-state index is -0.900. The lowest BCUT2D eigenvalue weighted by Gasteiger charge is -2.26. The fraction of sp³-hybridized carbons (Fsp3) is 0.529. The van der Waals surface area contributed by atoms with Gasteiger partial charge in [0.2, 0.25) is 5.91 Å². The van der Waals surface area contributed by atoms with Crippen LogP contribution in [0, 0.1) is 0 Å². The number of amides is 1. The van der Waals surface area contributed by atoms with Crippen LogP contribution in [0.5, 0.6) is 11.5 Å². The van der Waals surface area contributed by atoms with Gasteiger partial charge in [0, 0.05) is 19.0 Å². The zero-order valence-electron chi connectivity index (χ0n) is 14.2. The number of carboxylic acids is 1. The molecule has 0 saturated carbocycles. The van der Waals surface area contributed by atoms with E-state index in [0.717, 1.165) is 5.56 Å². The quantitative estimate of drug-likeness (QED) is 0.755.